The molecule has 0 radical (unpaired) electrons. The fraction of sp³-hybridized carbons (Fsp3) is 0.273. The van der Waals surface area contributed by atoms with E-state index < -0.39 is 5.91 Å². The molecule has 1 aliphatic rings. The molecule has 0 spiro atoms. The topological polar surface area (TPSA) is 82.0 Å². The van der Waals surface area contributed by atoms with Crippen LogP contribution in [0.4, 0.5) is 5.82 Å². The van der Waals surface area contributed by atoms with Crippen LogP contribution >= 0.6 is 0 Å². The van der Waals surface area contributed by atoms with E-state index in [0.29, 0.717) is 11.7 Å². The molecule has 15 heavy (non-hydrogen) atoms. The van der Waals surface area contributed by atoms with Gasteiger partial charge >= 0.3 is 0 Å². The van der Waals surface area contributed by atoms with E-state index in [1.54, 1.807) is 12.3 Å². The van der Waals surface area contributed by atoms with Gasteiger partial charge in [0.05, 0.1) is 0 Å². The zero-order chi connectivity index (χ0) is 10.8. The molecule has 0 bridgehead atoms. The molecule has 0 aliphatic heterocycles. The second-order valence-corrected chi connectivity index (χ2v) is 3.75. The van der Waals surface area contributed by atoms with Crippen molar-refractivity contribution >= 4 is 17.8 Å². The number of carbonyl (C=O) groups excluding carboxylic acids is 1. The van der Waals surface area contributed by atoms with E-state index in [0.717, 1.165) is 5.56 Å². The minimum atomic E-state index is -0.480. The first-order valence-corrected chi connectivity index (χ1v) is 4.90. The van der Waals surface area contributed by atoms with Crippen molar-refractivity contribution in [3.63, 3.8) is 0 Å². The largest absolute Gasteiger partial charge is 0.383 e. The first-order chi connectivity index (χ1) is 7.16. The summed E-state index contributed by atoms with van der Waals surface area (Å²) in [7, 11) is 0. The van der Waals surface area contributed by atoms with Crippen LogP contribution in [0.5, 0.6) is 0 Å². The average Bonchev–Trinajstić information content (AvgIpc) is 3.00. The second-order valence-electron chi connectivity index (χ2n) is 3.75. The van der Waals surface area contributed by atoms with Gasteiger partial charge in [-0.25, -0.2) is 4.98 Å². The smallest absolute Gasteiger partial charge is 0.241 e. The number of amides is 1. The zero-order valence-electron chi connectivity index (χ0n) is 8.31. The molecule has 1 aliphatic carbocycles. The molecule has 0 atom stereocenters. The third-order valence-electron chi connectivity index (χ3n) is 2.45. The van der Waals surface area contributed by atoms with Gasteiger partial charge in [0.25, 0.3) is 0 Å². The highest BCUT2D eigenvalue weighted by atomic mass is 16.1. The van der Waals surface area contributed by atoms with Gasteiger partial charge in [-0.15, -0.1) is 0 Å². The fourth-order valence-electron chi connectivity index (χ4n) is 1.45. The summed E-state index contributed by atoms with van der Waals surface area (Å²) >= 11 is 0. The maximum atomic E-state index is 10.6. The van der Waals surface area contributed by atoms with Crippen LogP contribution in [0.2, 0.25) is 0 Å². The maximum absolute atomic E-state index is 10.6. The van der Waals surface area contributed by atoms with Crippen LogP contribution < -0.4 is 11.5 Å². The minimum Gasteiger partial charge on any atom is -0.383 e. The number of pyridine rings is 1. The Morgan fingerprint density at radius 3 is 2.87 bits per heavy atom. The molecule has 78 valence electrons. The van der Waals surface area contributed by atoms with E-state index in [2.05, 4.69) is 4.98 Å². The van der Waals surface area contributed by atoms with E-state index in [1.165, 1.54) is 24.5 Å². The molecule has 2 rings (SSSR count). The molecule has 0 unspecified atom stereocenters. The Morgan fingerprint density at radius 1 is 1.53 bits per heavy atom. The van der Waals surface area contributed by atoms with Crippen molar-refractivity contribution < 1.29 is 4.79 Å². The number of anilines is 1. The van der Waals surface area contributed by atoms with Crippen molar-refractivity contribution in [1.82, 2.24) is 4.98 Å². The SMILES string of the molecule is NC(=O)C=Cc1cc(C2CC2)cnc1N. The van der Waals surface area contributed by atoms with Crippen molar-refractivity contribution in [3.05, 3.63) is 29.5 Å². The lowest BCUT2D eigenvalue weighted by Gasteiger charge is -2.02. The normalized spacial score (nSPS) is 15.7. The number of aromatic nitrogens is 1. The Hall–Kier alpha value is -1.84. The number of rotatable bonds is 3. The van der Waals surface area contributed by atoms with E-state index in [4.69, 9.17) is 11.5 Å². The van der Waals surface area contributed by atoms with Crippen LogP contribution in [-0.4, -0.2) is 10.9 Å². The monoisotopic (exact) mass is 203 g/mol. The molecule has 0 aromatic carbocycles. The van der Waals surface area contributed by atoms with Crippen LogP contribution in [0, 0.1) is 0 Å². The summed E-state index contributed by atoms with van der Waals surface area (Å²) in [4.78, 5) is 14.7. The Morgan fingerprint density at radius 2 is 2.27 bits per heavy atom. The number of hydrogen-bond donors (Lipinski definition) is 2. The highest BCUT2D eigenvalue weighted by Crippen LogP contribution is 2.40. The summed E-state index contributed by atoms with van der Waals surface area (Å²) in [6.07, 6.45) is 7.13. The molecule has 1 aromatic heterocycles. The molecular formula is C11H13N3O. The summed E-state index contributed by atoms with van der Waals surface area (Å²) in [5.74, 6) is 0.571. The summed E-state index contributed by atoms with van der Waals surface area (Å²) in [6, 6.07) is 1.97. The molecule has 1 heterocycles. The molecule has 0 saturated heterocycles. The minimum absolute atomic E-state index is 0.428. The van der Waals surface area contributed by atoms with Crippen LogP contribution in [0.25, 0.3) is 6.08 Å². The third kappa shape index (κ3) is 2.34. The Kier molecular flexibility index (Phi) is 2.41. The molecule has 1 amide bonds. The summed E-state index contributed by atoms with van der Waals surface area (Å²) in [5.41, 5.74) is 12.6. The van der Waals surface area contributed by atoms with E-state index in [1.807, 2.05) is 6.07 Å². The Labute approximate surface area is 88.0 Å². The fourth-order valence-corrected chi connectivity index (χ4v) is 1.45. The lowest BCUT2D eigenvalue weighted by molar-refractivity contribution is -0.113. The number of nitrogens with zero attached hydrogens (tertiary/aromatic N) is 1. The van der Waals surface area contributed by atoms with Crippen LogP contribution in [0.15, 0.2) is 18.3 Å². The first-order valence-electron chi connectivity index (χ1n) is 4.90. The predicted molar refractivity (Wildman–Crippen MR) is 58.9 cm³/mol. The molecular weight excluding hydrogens is 190 g/mol. The van der Waals surface area contributed by atoms with Crippen LogP contribution in [-0.2, 0) is 4.79 Å². The predicted octanol–water partition coefficient (Wildman–Crippen LogP) is 1.04. The molecule has 4 nitrogen and oxygen atoms in total. The molecule has 4 heteroatoms. The highest BCUT2D eigenvalue weighted by Gasteiger charge is 2.24. The second kappa shape index (κ2) is 3.73. The van der Waals surface area contributed by atoms with Gasteiger partial charge in [-0.1, -0.05) is 0 Å². The zero-order valence-corrected chi connectivity index (χ0v) is 8.31. The number of carbonyl (C=O) groups is 1. The van der Waals surface area contributed by atoms with Gasteiger partial charge in [0.1, 0.15) is 5.82 Å². The van der Waals surface area contributed by atoms with Crippen molar-refractivity contribution in [3.8, 4) is 0 Å². The van der Waals surface area contributed by atoms with Crippen LogP contribution in [0.1, 0.15) is 29.9 Å². The maximum Gasteiger partial charge on any atom is 0.241 e. The van der Waals surface area contributed by atoms with Gasteiger partial charge in [-0.05, 0) is 36.5 Å². The van der Waals surface area contributed by atoms with Gasteiger partial charge in [0.2, 0.25) is 5.91 Å². The highest BCUT2D eigenvalue weighted by molar-refractivity contribution is 5.91. The van der Waals surface area contributed by atoms with Crippen molar-refractivity contribution in [2.24, 2.45) is 5.73 Å². The summed E-state index contributed by atoms with van der Waals surface area (Å²) in [6.45, 7) is 0. The number of nitrogens with two attached hydrogens (primary N) is 2. The number of nitrogen functional groups attached to an aromatic ring is 1. The van der Waals surface area contributed by atoms with Gasteiger partial charge in [-0.3, -0.25) is 4.79 Å². The Bertz CT molecular complexity index is 422. The third-order valence-corrected chi connectivity index (χ3v) is 2.45. The lowest BCUT2D eigenvalue weighted by atomic mass is 10.1. The first kappa shape index (κ1) is 9.71. The number of primary amides is 1. The summed E-state index contributed by atoms with van der Waals surface area (Å²) in [5, 5.41) is 0. The lowest BCUT2D eigenvalue weighted by Crippen LogP contribution is -2.05. The Balaban J connectivity index is 2.27. The van der Waals surface area contributed by atoms with E-state index in [9.17, 15) is 4.79 Å². The summed E-state index contributed by atoms with van der Waals surface area (Å²) < 4.78 is 0. The van der Waals surface area contributed by atoms with Gasteiger partial charge in [0.15, 0.2) is 0 Å². The molecule has 1 aromatic rings. The average molecular weight is 203 g/mol. The van der Waals surface area contributed by atoms with Gasteiger partial charge in [-0.2, -0.15) is 0 Å². The quantitative estimate of drug-likeness (QED) is 0.720. The van der Waals surface area contributed by atoms with E-state index >= 15 is 0 Å². The molecule has 1 saturated carbocycles. The van der Waals surface area contributed by atoms with Crippen molar-refractivity contribution in [2.45, 2.75) is 18.8 Å². The van der Waals surface area contributed by atoms with E-state index in [-0.39, 0.29) is 0 Å². The van der Waals surface area contributed by atoms with Crippen molar-refractivity contribution in [2.75, 3.05) is 5.73 Å². The molecule has 4 N–H and O–H groups in total. The molecule has 1 fully saturated rings. The van der Waals surface area contributed by atoms with Crippen molar-refractivity contribution in [1.29, 1.82) is 0 Å². The van der Waals surface area contributed by atoms with Crippen LogP contribution in [0.3, 0.4) is 0 Å². The number of hydrogen-bond acceptors (Lipinski definition) is 3. The van der Waals surface area contributed by atoms with Gasteiger partial charge < -0.3 is 11.5 Å². The standard InChI is InChI=1S/C11H13N3O/c12-10(15)4-3-8-5-9(7-1-2-7)6-14-11(8)13/h3-7H,1-2H2,(H2,12,15)(H2,13,14). The van der Waals surface area contributed by atoms with Gasteiger partial charge in [0, 0.05) is 17.8 Å².